The molecular weight excluding hydrogens is 319 g/mol. The lowest BCUT2D eigenvalue weighted by atomic mass is 10.1. The summed E-state index contributed by atoms with van der Waals surface area (Å²) >= 11 is 0. The maximum absolute atomic E-state index is 12.6. The van der Waals surface area contributed by atoms with Gasteiger partial charge in [-0.2, -0.15) is 8.42 Å². The highest BCUT2D eigenvalue weighted by Gasteiger charge is 2.34. The van der Waals surface area contributed by atoms with Crippen LogP contribution in [0.2, 0.25) is 0 Å². The first-order chi connectivity index (χ1) is 10.1. The maximum Gasteiger partial charge on any atom is 0.320 e. The number of aliphatic imine (C=N–C) groups is 1. The zero-order valence-electron chi connectivity index (χ0n) is 11.8. The van der Waals surface area contributed by atoms with Crippen LogP contribution in [-0.4, -0.2) is 61.1 Å². The first kappa shape index (κ1) is 18.3. The number of rotatable bonds is 7. The molecule has 1 heterocycles. The van der Waals surface area contributed by atoms with E-state index in [0.717, 1.165) is 4.90 Å². The molecule has 126 valence electrons. The monoisotopic (exact) mass is 338 g/mol. The molecule has 5 N–H and O–H groups in total. The van der Waals surface area contributed by atoms with E-state index in [9.17, 15) is 21.9 Å². The second kappa shape index (κ2) is 7.49. The average Bonchev–Trinajstić information content (AvgIpc) is 2.72. The summed E-state index contributed by atoms with van der Waals surface area (Å²) in [5.41, 5.74) is 11.0. The fourth-order valence-corrected chi connectivity index (χ4v) is 2.90. The Hall–Kier alpha value is -1.75. The number of guanidine groups is 1. The molecule has 11 heteroatoms. The standard InChI is InChI=1S/C11H19FN4O5S/c12-22(20,21)6-7-4-9(17)16(5-7)11(14)15-3-1-2-8(13)10(18)19/h7-8H,1-6,13H2,(H2,14,15)(H,18,19)/t7?,8-/m0/s1. The lowest BCUT2D eigenvalue weighted by molar-refractivity contribution is -0.138. The van der Waals surface area contributed by atoms with E-state index in [1.807, 2.05) is 0 Å². The number of amides is 1. The van der Waals surface area contributed by atoms with E-state index in [1.54, 1.807) is 0 Å². The molecule has 0 aromatic heterocycles. The van der Waals surface area contributed by atoms with Crippen molar-refractivity contribution in [2.75, 3.05) is 18.8 Å². The molecule has 0 spiro atoms. The third kappa shape index (κ3) is 5.93. The van der Waals surface area contributed by atoms with Gasteiger partial charge in [-0.3, -0.25) is 19.5 Å². The summed E-state index contributed by atoms with van der Waals surface area (Å²) in [5.74, 6) is -3.00. The second-order valence-corrected chi connectivity index (χ2v) is 6.52. The van der Waals surface area contributed by atoms with Gasteiger partial charge in [-0.25, -0.2) is 0 Å². The van der Waals surface area contributed by atoms with E-state index in [-0.39, 0.29) is 31.9 Å². The van der Waals surface area contributed by atoms with Crippen molar-refractivity contribution in [3.8, 4) is 0 Å². The molecule has 22 heavy (non-hydrogen) atoms. The van der Waals surface area contributed by atoms with Crippen LogP contribution < -0.4 is 11.5 Å². The molecule has 0 bridgehead atoms. The molecule has 2 atom stereocenters. The molecular formula is C11H19FN4O5S. The fraction of sp³-hybridized carbons (Fsp3) is 0.727. The van der Waals surface area contributed by atoms with E-state index >= 15 is 0 Å². The largest absolute Gasteiger partial charge is 0.480 e. The van der Waals surface area contributed by atoms with Crippen LogP contribution in [0, 0.1) is 5.92 Å². The summed E-state index contributed by atoms with van der Waals surface area (Å²) in [6.07, 6.45) is 0.477. The first-order valence-electron chi connectivity index (χ1n) is 6.61. The van der Waals surface area contributed by atoms with Gasteiger partial charge in [0.1, 0.15) is 6.04 Å². The van der Waals surface area contributed by atoms with Gasteiger partial charge in [0, 0.05) is 25.4 Å². The lowest BCUT2D eigenvalue weighted by Crippen LogP contribution is -2.39. The molecule has 1 amide bonds. The average molecular weight is 338 g/mol. The van der Waals surface area contributed by atoms with Crippen LogP contribution in [0.25, 0.3) is 0 Å². The molecule has 1 unspecified atom stereocenters. The first-order valence-corrected chi connectivity index (χ1v) is 8.16. The number of halogens is 1. The predicted octanol–water partition coefficient (Wildman–Crippen LogP) is -1.36. The highest BCUT2D eigenvalue weighted by molar-refractivity contribution is 7.86. The summed E-state index contributed by atoms with van der Waals surface area (Å²) in [4.78, 5) is 27.2. The summed E-state index contributed by atoms with van der Waals surface area (Å²) < 4.78 is 33.8. The molecule has 1 fully saturated rings. The van der Waals surface area contributed by atoms with E-state index in [0.29, 0.717) is 6.42 Å². The van der Waals surface area contributed by atoms with Gasteiger partial charge in [-0.15, -0.1) is 3.89 Å². The number of aliphatic carboxylic acids is 1. The summed E-state index contributed by atoms with van der Waals surface area (Å²) in [6.45, 7) is 0.175. The smallest absolute Gasteiger partial charge is 0.320 e. The quantitative estimate of drug-likeness (QED) is 0.224. The third-order valence-corrected chi connectivity index (χ3v) is 4.05. The Balaban J connectivity index is 2.48. The number of nitrogens with two attached hydrogens (primary N) is 2. The van der Waals surface area contributed by atoms with Gasteiger partial charge in [0.05, 0.1) is 5.75 Å². The van der Waals surface area contributed by atoms with Gasteiger partial charge >= 0.3 is 16.2 Å². The van der Waals surface area contributed by atoms with Gasteiger partial charge in [-0.1, -0.05) is 0 Å². The number of carboxylic acid groups (broad SMARTS) is 1. The molecule has 0 aromatic carbocycles. The van der Waals surface area contributed by atoms with Crippen molar-refractivity contribution in [1.29, 1.82) is 0 Å². The van der Waals surface area contributed by atoms with Gasteiger partial charge in [0.15, 0.2) is 5.96 Å². The molecule has 9 nitrogen and oxygen atoms in total. The Morgan fingerprint density at radius 1 is 1.55 bits per heavy atom. The molecule has 0 radical (unpaired) electrons. The molecule has 1 aliphatic heterocycles. The Morgan fingerprint density at radius 2 is 2.18 bits per heavy atom. The minimum Gasteiger partial charge on any atom is -0.480 e. The van der Waals surface area contributed by atoms with Crippen LogP contribution in [-0.2, 0) is 19.8 Å². The van der Waals surface area contributed by atoms with Crippen LogP contribution in [0.15, 0.2) is 4.99 Å². The van der Waals surface area contributed by atoms with Crippen LogP contribution in [0.3, 0.4) is 0 Å². The molecule has 0 aliphatic carbocycles. The number of carbonyl (C=O) groups is 2. The molecule has 1 saturated heterocycles. The second-order valence-electron chi connectivity index (χ2n) is 5.11. The van der Waals surface area contributed by atoms with E-state index in [2.05, 4.69) is 4.99 Å². The highest BCUT2D eigenvalue weighted by Crippen LogP contribution is 2.19. The van der Waals surface area contributed by atoms with Gasteiger partial charge < -0.3 is 16.6 Å². The van der Waals surface area contributed by atoms with Crippen molar-refractivity contribution < 1.29 is 27.0 Å². The van der Waals surface area contributed by atoms with Crippen LogP contribution in [0.1, 0.15) is 19.3 Å². The topological polar surface area (TPSA) is 156 Å². The van der Waals surface area contributed by atoms with Crippen molar-refractivity contribution in [2.24, 2.45) is 22.4 Å². The number of hydrogen-bond donors (Lipinski definition) is 3. The number of carbonyl (C=O) groups excluding carboxylic acids is 1. The predicted molar refractivity (Wildman–Crippen MR) is 76.0 cm³/mol. The zero-order valence-corrected chi connectivity index (χ0v) is 12.6. The molecule has 1 aliphatic rings. The molecule has 0 saturated carbocycles. The van der Waals surface area contributed by atoms with Gasteiger partial charge in [0.25, 0.3) is 0 Å². The van der Waals surface area contributed by atoms with Crippen molar-refractivity contribution in [3.63, 3.8) is 0 Å². The summed E-state index contributed by atoms with van der Waals surface area (Å²) in [7, 11) is -4.65. The zero-order chi connectivity index (χ0) is 16.9. The Kier molecular flexibility index (Phi) is 6.23. The third-order valence-electron chi connectivity index (χ3n) is 3.18. The minimum absolute atomic E-state index is 0.00798. The summed E-state index contributed by atoms with van der Waals surface area (Å²) in [5, 5.41) is 8.60. The number of likely N-dealkylation sites (tertiary alicyclic amines) is 1. The van der Waals surface area contributed by atoms with E-state index < -0.39 is 39.8 Å². The number of nitrogens with zero attached hydrogens (tertiary/aromatic N) is 2. The maximum atomic E-state index is 12.6. The molecule has 0 aromatic rings. The normalized spacial score (nSPS) is 21.2. The van der Waals surface area contributed by atoms with Crippen molar-refractivity contribution in [1.82, 2.24) is 4.90 Å². The minimum atomic E-state index is -4.65. The van der Waals surface area contributed by atoms with Gasteiger partial charge in [-0.05, 0) is 12.8 Å². The van der Waals surface area contributed by atoms with Crippen LogP contribution in [0.5, 0.6) is 0 Å². The Labute approximate surface area is 127 Å². The van der Waals surface area contributed by atoms with Crippen LogP contribution >= 0.6 is 0 Å². The SMILES string of the molecule is NC(=NCCC[C@H](N)C(=O)O)N1CC(CS(=O)(=O)F)CC1=O. The van der Waals surface area contributed by atoms with Crippen LogP contribution in [0.4, 0.5) is 3.89 Å². The van der Waals surface area contributed by atoms with E-state index in [4.69, 9.17) is 16.6 Å². The Bertz CT molecular complexity index is 565. The lowest BCUT2D eigenvalue weighted by Gasteiger charge is -2.15. The van der Waals surface area contributed by atoms with Crippen molar-refractivity contribution >= 4 is 28.1 Å². The number of hydrogen-bond acceptors (Lipinski definition) is 6. The molecule has 1 rings (SSSR count). The highest BCUT2D eigenvalue weighted by atomic mass is 32.3. The van der Waals surface area contributed by atoms with Crippen molar-refractivity contribution in [2.45, 2.75) is 25.3 Å². The van der Waals surface area contributed by atoms with Crippen molar-refractivity contribution in [3.05, 3.63) is 0 Å². The van der Waals surface area contributed by atoms with E-state index in [1.165, 1.54) is 0 Å². The fourth-order valence-electron chi connectivity index (χ4n) is 2.11. The Morgan fingerprint density at radius 3 is 2.73 bits per heavy atom. The summed E-state index contributed by atoms with van der Waals surface area (Å²) in [6, 6.07) is -0.982. The number of carboxylic acids is 1. The van der Waals surface area contributed by atoms with Gasteiger partial charge in [0.2, 0.25) is 5.91 Å².